The lowest BCUT2D eigenvalue weighted by Gasteiger charge is -2.04. The molecule has 0 amide bonds. The third kappa shape index (κ3) is 6.04. The molecule has 0 aromatic heterocycles. The molecule has 0 heterocycles. The van der Waals surface area contributed by atoms with E-state index in [0.29, 0.717) is 32.6 Å². The molecule has 0 atom stereocenters. The molecule has 102 valence electrons. The van der Waals surface area contributed by atoms with Gasteiger partial charge < -0.3 is 4.74 Å². The first-order chi connectivity index (χ1) is 9.27. The largest absolute Gasteiger partial charge is 0.381 e. The highest BCUT2D eigenvalue weighted by atomic mass is 16.5. The van der Waals surface area contributed by atoms with Gasteiger partial charge in [-0.3, -0.25) is 4.79 Å². The number of carbonyl (C=O) groups excluding carboxylic acids is 1. The molecule has 1 aromatic rings. The van der Waals surface area contributed by atoms with Gasteiger partial charge in [0.25, 0.3) is 0 Å². The molecule has 5 heteroatoms. The van der Waals surface area contributed by atoms with Gasteiger partial charge in [-0.15, -0.1) is 0 Å². The van der Waals surface area contributed by atoms with Crippen LogP contribution in [0.25, 0.3) is 10.4 Å². The Morgan fingerprint density at radius 2 is 2.26 bits per heavy atom. The van der Waals surface area contributed by atoms with Gasteiger partial charge in [0.1, 0.15) is 0 Å². The van der Waals surface area contributed by atoms with Crippen LogP contribution in [0.5, 0.6) is 0 Å². The predicted molar refractivity (Wildman–Crippen MR) is 74.2 cm³/mol. The molecular weight excluding hydrogens is 242 g/mol. The van der Waals surface area contributed by atoms with Crippen LogP contribution in [0.1, 0.15) is 35.7 Å². The summed E-state index contributed by atoms with van der Waals surface area (Å²) in [5, 5.41) is 3.36. The first kappa shape index (κ1) is 15.2. The summed E-state index contributed by atoms with van der Waals surface area (Å²) in [6.45, 7) is 3.33. The molecule has 0 spiro atoms. The van der Waals surface area contributed by atoms with E-state index in [9.17, 15) is 4.79 Å². The Balaban J connectivity index is 2.25. The lowest BCUT2D eigenvalue weighted by molar-refractivity contribution is 0.0943. The van der Waals surface area contributed by atoms with Crippen molar-refractivity contribution in [1.29, 1.82) is 0 Å². The van der Waals surface area contributed by atoms with Gasteiger partial charge in [0.15, 0.2) is 5.78 Å². The minimum Gasteiger partial charge on any atom is -0.381 e. The number of azide groups is 1. The first-order valence-electron chi connectivity index (χ1n) is 6.48. The topological polar surface area (TPSA) is 75.1 Å². The number of ether oxygens (including phenoxy) is 1. The number of aryl methyl sites for hydroxylation is 1. The Hall–Kier alpha value is -1.84. The molecule has 0 N–H and O–H groups in total. The van der Waals surface area contributed by atoms with E-state index in [1.54, 1.807) is 0 Å². The van der Waals surface area contributed by atoms with Gasteiger partial charge in [-0.05, 0) is 30.0 Å². The Bertz CT molecular complexity index is 454. The van der Waals surface area contributed by atoms with Crippen molar-refractivity contribution in [3.63, 3.8) is 0 Å². The molecule has 1 rings (SSSR count). The molecule has 0 aliphatic heterocycles. The third-order valence-corrected chi connectivity index (χ3v) is 2.75. The van der Waals surface area contributed by atoms with Crippen LogP contribution in [-0.2, 0) is 11.2 Å². The van der Waals surface area contributed by atoms with Crippen molar-refractivity contribution < 1.29 is 9.53 Å². The fourth-order valence-corrected chi connectivity index (χ4v) is 1.70. The smallest absolute Gasteiger partial charge is 0.162 e. The molecule has 0 bridgehead atoms. The summed E-state index contributed by atoms with van der Waals surface area (Å²) in [5.74, 6) is 0.147. The molecule has 0 aliphatic carbocycles. The maximum atomic E-state index is 11.9. The number of rotatable bonds is 9. The third-order valence-electron chi connectivity index (χ3n) is 2.75. The van der Waals surface area contributed by atoms with Crippen molar-refractivity contribution >= 4 is 5.78 Å². The van der Waals surface area contributed by atoms with Gasteiger partial charge in [-0.25, -0.2) is 0 Å². The molecule has 0 aliphatic rings. The predicted octanol–water partition coefficient (Wildman–Crippen LogP) is 3.54. The second kappa shape index (κ2) is 9.14. The fraction of sp³-hybridized carbons (Fsp3) is 0.500. The van der Waals surface area contributed by atoms with E-state index in [1.165, 1.54) is 5.56 Å². The van der Waals surface area contributed by atoms with E-state index < -0.39 is 0 Å². The summed E-state index contributed by atoms with van der Waals surface area (Å²) >= 11 is 0. The van der Waals surface area contributed by atoms with E-state index in [4.69, 9.17) is 10.3 Å². The minimum atomic E-state index is 0.147. The molecule has 0 unspecified atom stereocenters. The van der Waals surface area contributed by atoms with E-state index in [0.717, 1.165) is 12.0 Å². The summed E-state index contributed by atoms with van der Waals surface area (Å²) in [4.78, 5) is 14.6. The number of Topliss-reactive ketones (excluding diaryl/α,β-unsaturated/α-hetero) is 1. The van der Waals surface area contributed by atoms with E-state index in [-0.39, 0.29) is 5.78 Å². The van der Waals surface area contributed by atoms with Gasteiger partial charge in [0.05, 0.1) is 6.61 Å². The Morgan fingerprint density at radius 3 is 3.00 bits per heavy atom. The molecule has 5 nitrogen and oxygen atoms in total. The van der Waals surface area contributed by atoms with Crippen LogP contribution in [0, 0.1) is 0 Å². The van der Waals surface area contributed by atoms with Crippen molar-refractivity contribution in [2.24, 2.45) is 5.11 Å². The first-order valence-corrected chi connectivity index (χ1v) is 6.48. The highest BCUT2D eigenvalue weighted by molar-refractivity contribution is 5.96. The van der Waals surface area contributed by atoms with Crippen LogP contribution in [0.4, 0.5) is 0 Å². The maximum Gasteiger partial charge on any atom is 0.162 e. The molecule has 0 radical (unpaired) electrons. The standard InChI is InChI=1S/C14H19N3O2/c1-2-12-5-3-6-13(11-12)14(18)7-4-9-19-10-8-16-17-15/h3,5-6,11H,2,4,7-10H2,1H3. The fourth-order valence-electron chi connectivity index (χ4n) is 1.70. The average molecular weight is 261 g/mol. The average Bonchev–Trinajstić information content (AvgIpc) is 2.46. The number of benzene rings is 1. The number of hydrogen-bond donors (Lipinski definition) is 0. The summed E-state index contributed by atoms with van der Waals surface area (Å²) in [6.07, 6.45) is 2.10. The number of carbonyl (C=O) groups is 1. The zero-order chi connectivity index (χ0) is 13.9. The summed E-state index contributed by atoms with van der Waals surface area (Å²) in [5.41, 5.74) is 10.0. The van der Waals surface area contributed by atoms with Gasteiger partial charge in [0, 0.05) is 30.0 Å². The van der Waals surface area contributed by atoms with Crippen LogP contribution in [0.15, 0.2) is 29.4 Å². The molecule has 1 aromatic carbocycles. The number of nitrogens with zero attached hydrogens (tertiary/aromatic N) is 3. The van der Waals surface area contributed by atoms with Crippen LogP contribution < -0.4 is 0 Å². The highest BCUT2D eigenvalue weighted by Gasteiger charge is 2.05. The normalized spacial score (nSPS) is 9.95. The highest BCUT2D eigenvalue weighted by Crippen LogP contribution is 2.09. The Labute approximate surface area is 113 Å². The Morgan fingerprint density at radius 1 is 1.42 bits per heavy atom. The second-order valence-corrected chi connectivity index (χ2v) is 4.15. The van der Waals surface area contributed by atoms with Crippen molar-refractivity contribution in [1.82, 2.24) is 0 Å². The molecule has 0 saturated carbocycles. The second-order valence-electron chi connectivity index (χ2n) is 4.15. The lowest BCUT2D eigenvalue weighted by atomic mass is 10.0. The summed E-state index contributed by atoms with van der Waals surface area (Å²) in [7, 11) is 0. The molecule has 19 heavy (non-hydrogen) atoms. The SMILES string of the molecule is CCc1cccc(C(=O)CCCOCCN=[N+]=[N-])c1. The van der Waals surface area contributed by atoms with Gasteiger partial charge in [0.2, 0.25) is 0 Å². The zero-order valence-electron chi connectivity index (χ0n) is 11.2. The van der Waals surface area contributed by atoms with Gasteiger partial charge in [-0.1, -0.05) is 30.2 Å². The van der Waals surface area contributed by atoms with Crippen LogP contribution in [0.2, 0.25) is 0 Å². The number of ketones is 1. The quantitative estimate of drug-likeness (QED) is 0.224. The lowest BCUT2D eigenvalue weighted by Crippen LogP contribution is -2.04. The minimum absolute atomic E-state index is 0.147. The summed E-state index contributed by atoms with van der Waals surface area (Å²) in [6, 6.07) is 7.74. The summed E-state index contributed by atoms with van der Waals surface area (Å²) < 4.78 is 5.25. The van der Waals surface area contributed by atoms with Gasteiger partial charge >= 0.3 is 0 Å². The monoisotopic (exact) mass is 261 g/mol. The Kier molecular flexibility index (Phi) is 7.32. The van der Waals surface area contributed by atoms with Crippen molar-refractivity contribution in [3.8, 4) is 0 Å². The van der Waals surface area contributed by atoms with Crippen molar-refractivity contribution in [2.45, 2.75) is 26.2 Å². The molecular formula is C14H19N3O2. The van der Waals surface area contributed by atoms with Crippen LogP contribution >= 0.6 is 0 Å². The van der Waals surface area contributed by atoms with Crippen LogP contribution in [0.3, 0.4) is 0 Å². The van der Waals surface area contributed by atoms with E-state index >= 15 is 0 Å². The maximum absolute atomic E-state index is 11.9. The number of hydrogen-bond acceptors (Lipinski definition) is 3. The molecule has 0 fully saturated rings. The van der Waals surface area contributed by atoms with E-state index in [2.05, 4.69) is 16.9 Å². The van der Waals surface area contributed by atoms with Gasteiger partial charge in [-0.2, -0.15) is 0 Å². The van der Waals surface area contributed by atoms with Crippen molar-refractivity contribution in [3.05, 3.63) is 45.8 Å². The zero-order valence-corrected chi connectivity index (χ0v) is 11.2. The van der Waals surface area contributed by atoms with Crippen molar-refractivity contribution in [2.75, 3.05) is 19.8 Å². The van der Waals surface area contributed by atoms with E-state index in [1.807, 2.05) is 24.3 Å². The molecule has 0 saturated heterocycles. The van der Waals surface area contributed by atoms with Crippen LogP contribution in [-0.4, -0.2) is 25.5 Å².